The standard InChI is InChI=1S/C25H22As2.2C6F5.2Au/c1-5-13-22(14-6-1)26(23-15-7-2-8-16-23)21-27(24-17-9-3-10-18-24)25-19-11-4-12-20-25;2*7-2-1-3(8)5(10)6(11)4(2)9;;/h1-20H,21H2;;;;/q;2*-1;2*+1. The van der Waals surface area contributed by atoms with E-state index in [1.54, 1.807) is 17.4 Å². The Balaban J connectivity index is 0.000000312. The summed E-state index contributed by atoms with van der Waals surface area (Å²) in [5.41, 5.74) is 0. The van der Waals surface area contributed by atoms with Crippen molar-refractivity contribution in [1.29, 1.82) is 0 Å². The molecule has 6 aromatic rings. The topological polar surface area (TPSA) is 0 Å². The molecule has 0 aliphatic heterocycles. The van der Waals surface area contributed by atoms with Crippen LogP contribution in [0.3, 0.4) is 0 Å². The molecule has 0 spiro atoms. The summed E-state index contributed by atoms with van der Waals surface area (Å²) in [7, 11) is 0. The maximum atomic E-state index is 12.0. The summed E-state index contributed by atoms with van der Waals surface area (Å²) in [5, 5.41) is 0. The molecular formula is C37H22As2Au2F10. The predicted octanol–water partition coefficient (Wildman–Crippen LogP) is 7.50. The number of rotatable bonds is 6. The van der Waals surface area contributed by atoms with Crippen molar-refractivity contribution in [3.05, 3.63) is 192 Å². The first-order chi connectivity index (χ1) is 23.5. The first kappa shape index (κ1) is 44.4. The van der Waals surface area contributed by atoms with Crippen molar-refractivity contribution in [3.63, 3.8) is 0 Å². The van der Waals surface area contributed by atoms with Gasteiger partial charge in [0.2, 0.25) is 0 Å². The Morgan fingerprint density at radius 1 is 0.314 bits per heavy atom. The van der Waals surface area contributed by atoms with Crippen LogP contribution in [0.5, 0.6) is 0 Å². The van der Waals surface area contributed by atoms with Crippen molar-refractivity contribution >= 4 is 46.7 Å². The number of hydrogen-bond donors (Lipinski definition) is 0. The van der Waals surface area contributed by atoms with Gasteiger partial charge in [0, 0.05) is 0 Å². The molecule has 0 aliphatic carbocycles. The predicted molar refractivity (Wildman–Crippen MR) is 171 cm³/mol. The SMILES string of the molecule is Fc1[c-]c(F)c(F)c(F)c1F.Fc1[c-]c(F)c(F)c(F)c1F.[Au+].[Au+].c1ccc([As](C[As](c2ccccc2)c2ccccc2)c2ccccc2)cc1. The third-order valence-electron chi connectivity index (χ3n) is 6.53. The van der Waals surface area contributed by atoms with Gasteiger partial charge in [-0.1, -0.05) is 0 Å². The quantitative estimate of drug-likeness (QED) is 0.0534. The van der Waals surface area contributed by atoms with Gasteiger partial charge < -0.3 is 0 Å². The molecule has 51 heavy (non-hydrogen) atoms. The fourth-order valence-electron chi connectivity index (χ4n) is 4.19. The van der Waals surface area contributed by atoms with E-state index in [1.165, 1.54) is 4.00 Å². The average molecular weight is 1200 g/mol. The Bertz CT molecular complexity index is 1680. The van der Waals surface area contributed by atoms with Crippen molar-refractivity contribution in [2.75, 3.05) is 0 Å². The molecule has 0 radical (unpaired) electrons. The van der Waals surface area contributed by atoms with Crippen molar-refractivity contribution in [2.24, 2.45) is 0 Å². The molecule has 0 N–H and O–H groups in total. The monoisotopic (exact) mass is 1200 g/mol. The summed E-state index contributed by atoms with van der Waals surface area (Å²) >= 11 is -2.74. The fraction of sp³-hybridized carbons (Fsp3) is 0.0270. The molecule has 0 unspecified atom stereocenters. The zero-order chi connectivity index (χ0) is 35.5. The molecule has 0 heterocycles. The molecule has 0 fully saturated rings. The molecular weight excluding hydrogens is 1180 g/mol. The van der Waals surface area contributed by atoms with Gasteiger partial charge in [-0.05, 0) is 0 Å². The number of benzene rings is 6. The summed E-state index contributed by atoms with van der Waals surface area (Å²) in [6.45, 7) is 0. The van der Waals surface area contributed by atoms with Crippen molar-refractivity contribution < 1.29 is 88.7 Å². The number of halogens is 10. The fourth-order valence-corrected chi connectivity index (χ4v) is 22.1. The molecule has 0 aliphatic rings. The third kappa shape index (κ3) is 12.1. The van der Waals surface area contributed by atoms with Gasteiger partial charge in [-0.3, -0.25) is 17.6 Å². The zero-order valence-corrected chi connectivity index (χ0v) is 33.6. The summed E-state index contributed by atoms with van der Waals surface area (Å²) < 4.78 is 127. The first-order valence-electron chi connectivity index (χ1n) is 14.1. The minimum absolute atomic E-state index is 0. The van der Waals surface area contributed by atoms with Gasteiger partial charge in [0.1, 0.15) is 0 Å². The minimum atomic E-state index is -2.17. The van der Waals surface area contributed by atoms with E-state index < -0.39 is 87.5 Å². The van der Waals surface area contributed by atoms with E-state index in [0.29, 0.717) is 0 Å². The van der Waals surface area contributed by atoms with Crippen LogP contribution in [-0.4, -0.2) is 29.3 Å². The van der Waals surface area contributed by atoms with Gasteiger partial charge in [-0.15, -0.1) is 12.1 Å². The van der Waals surface area contributed by atoms with Crippen LogP contribution in [0.1, 0.15) is 0 Å². The molecule has 0 amide bonds. The molecule has 0 saturated carbocycles. The molecule has 272 valence electrons. The molecule has 6 aromatic carbocycles. The summed E-state index contributed by atoms with van der Waals surface area (Å²) in [5.74, 6) is -20.1. The van der Waals surface area contributed by atoms with Gasteiger partial charge >= 0.3 is 217 Å². The van der Waals surface area contributed by atoms with Gasteiger partial charge in [-0.25, -0.2) is 26.3 Å². The van der Waals surface area contributed by atoms with Crippen LogP contribution in [-0.2, 0) is 44.8 Å². The van der Waals surface area contributed by atoms with Crippen molar-refractivity contribution in [1.82, 2.24) is 0 Å². The molecule has 0 saturated heterocycles. The van der Waals surface area contributed by atoms with Crippen molar-refractivity contribution in [3.8, 4) is 0 Å². The maximum absolute atomic E-state index is 12.0. The Kier molecular flexibility index (Phi) is 18.9. The summed E-state index contributed by atoms with van der Waals surface area (Å²) in [6.07, 6.45) is 0. The average Bonchev–Trinajstić information content (AvgIpc) is 3.14. The van der Waals surface area contributed by atoms with Crippen LogP contribution in [0.25, 0.3) is 0 Å². The zero-order valence-electron chi connectivity index (χ0n) is 25.5. The van der Waals surface area contributed by atoms with Crippen LogP contribution in [0.15, 0.2) is 121 Å². The Morgan fingerprint density at radius 3 is 0.706 bits per heavy atom. The second-order valence-corrected chi connectivity index (χ2v) is 21.3. The van der Waals surface area contributed by atoms with Crippen LogP contribution in [0, 0.1) is 70.3 Å². The number of hydrogen-bond acceptors (Lipinski definition) is 0. The second kappa shape index (κ2) is 21.7. The molecule has 0 aromatic heterocycles. The van der Waals surface area contributed by atoms with E-state index >= 15 is 0 Å². The molecule has 14 heteroatoms. The van der Waals surface area contributed by atoms with Crippen LogP contribution < -0.4 is 17.4 Å². The normalized spacial score (nSPS) is 10.3. The van der Waals surface area contributed by atoms with Gasteiger partial charge in [0.05, 0.1) is 58.2 Å². The van der Waals surface area contributed by atoms with E-state index in [-0.39, 0.29) is 44.8 Å². The summed E-state index contributed by atoms with van der Waals surface area (Å²) in [6, 6.07) is 46.9. The Hall–Kier alpha value is -2.78. The van der Waals surface area contributed by atoms with Gasteiger partial charge in [0.15, 0.2) is 0 Å². The van der Waals surface area contributed by atoms with E-state index in [9.17, 15) is 43.9 Å². The Labute approximate surface area is 328 Å². The molecule has 0 nitrogen and oxygen atoms in total. The molecule has 0 bridgehead atoms. The van der Waals surface area contributed by atoms with E-state index in [1.807, 2.05) is 0 Å². The molecule has 6 rings (SSSR count). The van der Waals surface area contributed by atoms with Crippen LogP contribution in [0.2, 0.25) is 4.00 Å². The van der Waals surface area contributed by atoms with Gasteiger partial charge in [-0.2, -0.15) is 0 Å². The third-order valence-corrected chi connectivity index (χ3v) is 21.6. The van der Waals surface area contributed by atoms with E-state index in [4.69, 9.17) is 0 Å². The summed E-state index contributed by atoms with van der Waals surface area (Å²) in [4.78, 5) is 0. The molecule has 0 atom stereocenters. The first-order valence-corrected chi connectivity index (χ1v) is 20.5. The van der Waals surface area contributed by atoms with Gasteiger partial charge in [0.25, 0.3) is 0 Å². The van der Waals surface area contributed by atoms with Crippen molar-refractivity contribution in [2.45, 2.75) is 4.00 Å². The van der Waals surface area contributed by atoms with Crippen LogP contribution in [0.4, 0.5) is 43.9 Å². The Morgan fingerprint density at radius 2 is 0.510 bits per heavy atom. The van der Waals surface area contributed by atoms with E-state index in [0.717, 1.165) is 12.1 Å². The second-order valence-electron chi connectivity index (χ2n) is 9.73. The van der Waals surface area contributed by atoms with Crippen LogP contribution >= 0.6 is 0 Å². The van der Waals surface area contributed by atoms with E-state index in [2.05, 4.69) is 121 Å².